The molecule has 0 spiro atoms. The first kappa shape index (κ1) is 15.5. The third-order valence-electron chi connectivity index (χ3n) is 3.07. The Kier molecular flexibility index (Phi) is 4.59. The predicted molar refractivity (Wildman–Crippen MR) is 77.1 cm³/mol. The predicted octanol–water partition coefficient (Wildman–Crippen LogP) is 0.202. The van der Waals surface area contributed by atoms with E-state index in [1.807, 2.05) is 0 Å². The highest BCUT2D eigenvalue weighted by molar-refractivity contribution is 7.89. The van der Waals surface area contributed by atoms with E-state index in [2.05, 4.69) is 15.4 Å². The summed E-state index contributed by atoms with van der Waals surface area (Å²) in [7, 11) is -3.64. The molecule has 0 radical (unpaired) electrons. The fraction of sp³-hybridized carbons (Fsp3) is 0.385. The summed E-state index contributed by atoms with van der Waals surface area (Å²) in [6.45, 7) is 1.67. The minimum atomic E-state index is -3.64. The molecule has 1 aromatic carbocycles. The van der Waals surface area contributed by atoms with Gasteiger partial charge in [-0.25, -0.2) is 13.1 Å². The second kappa shape index (κ2) is 6.23. The second-order valence-electron chi connectivity index (χ2n) is 4.87. The van der Waals surface area contributed by atoms with Crippen LogP contribution in [0.1, 0.15) is 19.8 Å². The largest absolute Gasteiger partial charge is 0.355 e. The standard InChI is InChI=1S/C13H17N3O4S/c1-9(17)15-10-2-5-12(6-3-10)21(19,20)16-11-4-7-13(18)14-8-11/h2-3,5-6,11,16H,4,7-8H2,1H3,(H,14,18)(H,15,17). The number of nitrogens with one attached hydrogen (secondary N) is 3. The van der Waals surface area contributed by atoms with Crippen molar-refractivity contribution in [3.63, 3.8) is 0 Å². The van der Waals surface area contributed by atoms with Crippen LogP contribution < -0.4 is 15.4 Å². The molecule has 1 aromatic rings. The maximum Gasteiger partial charge on any atom is 0.240 e. The Morgan fingerprint density at radius 1 is 1.29 bits per heavy atom. The third-order valence-corrected chi connectivity index (χ3v) is 4.61. The van der Waals surface area contributed by atoms with E-state index in [0.29, 0.717) is 25.1 Å². The van der Waals surface area contributed by atoms with Gasteiger partial charge in [0.15, 0.2) is 0 Å². The molecule has 1 fully saturated rings. The summed E-state index contributed by atoms with van der Waals surface area (Å²) < 4.78 is 27.0. The highest BCUT2D eigenvalue weighted by Crippen LogP contribution is 2.15. The van der Waals surface area contributed by atoms with Gasteiger partial charge in [-0.15, -0.1) is 0 Å². The molecule has 1 heterocycles. The molecule has 114 valence electrons. The maximum atomic E-state index is 12.2. The topological polar surface area (TPSA) is 104 Å². The maximum absolute atomic E-state index is 12.2. The molecule has 0 aliphatic carbocycles. The normalized spacial score (nSPS) is 18.9. The van der Waals surface area contributed by atoms with Crippen LogP contribution in [0.15, 0.2) is 29.2 Å². The third kappa shape index (κ3) is 4.27. The number of hydrogen-bond donors (Lipinski definition) is 3. The summed E-state index contributed by atoms with van der Waals surface area (Å²) in [5.41, 5.74) is 0.534. The number of piperidine rings is 1. The fourth-order valence-electron chi connectivity index (χ4n) is 2.04. The quantitative estimate of drug-likeness (QED) is 0.739. The molecule has 0 bridgehead atoms. The van der Waals surface area contributed by atoms with E-state index in [9.17, 15) is 18.0 Å². The number of benzene rings is 1. The van der Waals surface area contributed by atoms with E-state index < -0.39 is 10.0 Å². The summed E-state index contributed by atoms with van der Waals surface area (Å²) in [5.74, 6) is -0.285. The molecule has 2 amide bonds. The first-order valence-corrected chi connectivity index (χ1v) is 8.02. The molecule has 1 atom stereocenters. The number of hydrogen-bond acceptors (Lipinski definition) is 4. The molecule has 0 aromatic heterocycles. The number of carbonyl (C=O) groups is 2. The van der Waals surface area contributed by atoms with Crippen molar-refractivity contribution in [2.45, 2.75) is 30.7 Å². The monoisotopic (exact) mass is 311 g/mol. The van der Waals surface area contributed by atoms with E-state index in [4.69, 9.17) is 0 Å². The zero-order chi connectivity index (χ0) is 15.5. The number of rotatable bonds is 4. The number of anilines is 1. The van der Waals surface area contributed by atoms with Crippen LogP contribution in [-0.4, -0.2) is 32.8 Å². The summed E-state index contributed by atoms with van der Waals surface area (Å²) >= 11 is 0. The SMILES string of the molecule is CC(=O)Nc1ccc(S(=O)(=O)NC2CCC(=O)NC2)cc1. The van der Waals surface area contributed by atoms with Gasteiger partial charge in [0, 0.05) is 31.6 Å². The van der Waals surface area contributed by atoms with Gasteiger partial charge in [-0.1, -0.05) is 0 Å². The average molecular weight is 311 g/mol. The van der Waals surface area contributed by atoms with E-state index in [0.717, 1.165) is 0 Å². The van der Waals surface area contributed by atoms with Gasteiger partial charge in [-0.3, -0.25) is 9.59 Å². The van der Waals surface area contributed by atoms with Crippen LogP contribution in [0.2, 0.25) is 0 Å². The van der Waals surface area contributed by atoms with Crippen LogP contribution >= 0.6 is 0 Å². The van der Waals surface area contributed by atoms with Gasteiger partial charge in [-0.05, 0) is 30.7 Å². The van der Waals surface area contributed by atoms with Crippen molar-refractivity contribution >= 4 is 27.5 Å². The summed E-state index contributed by atoms with van der Waals surface area (Å²) in [5, 5.41) is 5.19. The van der Waals surface area contributed by atoms with Crippen molar-refractivity contribution in [3.05, 3.63) is 24.3 Å². The van der Waals surface area contributed by atoms with Gasteiger partial charge in [0.2, 0.25) is 21.8 Å². The molecule has 1 saturated heterocycles. The average Bonchev–Trinajstić information content (AvgIpc) is 2.41. The second-order valence-corrected chi connectivity index (χ2v) is 6.58. The summed E-state index contributed by atoms with van der Waals surface area (Å²) in [4.78, 5) is 22.1. The van der Waals surface area contributed by atoms with Crippen molar-refractivity contribution < 1.29 is 18.0 Å². The highest BCUT2D eigenvalue weighted by atomic mass is 32.2. The Hall–Kier alpha value is -1.93. The van der Waals surface area contributed by atoms with Crippen LogP contribution in [0.5, 0.6) is 0 Å². The van der Waals surface area contributed by atoms with Crippen molar-refractivity contribution in [1.29, 1.82) is 0 Å². The van der Waals surface area contributed by atoms with Crippen molar-refractivity contribution in [2.24, 2.45) is 0 Å². The van der Waals surface area contributed by atoms with Gasteiger partial charge < -0.3 is 10.6 Å². The number of amides is 2. The lowest BCUT2D eigenvalue weighted by molar-refractivity contribution is -0.122. The fourth-order valence-corrected chi connectivity index (χ4v) is 3.31. The first-order chi connectivity index (χ1) is 9.87. The molecule has 1 unspecified atom stereocenters. The van der Waals surface area contributed by atoms with Gasteiger partial charge in [-0.2, -0.15) is 0 Å². The van der Waals surface area contributed by atoms with Gasteiger partial charge >= 0.3 is 0 Å². The zero-order valence-corrected chi connectivity index (χ0v) is 12.4. The molecule has 2 rings (SSSR count). The van der Waals surface area contributed by atoms with Gasteiger partial charge in [0.05, 0.1) is 4.90 Å². The highest BCUT2D eigenvalue weighted by Gasteiger charge is 2.24. The van der Waals surface area contributed by atoms with Crippen LogP contribution in [0, 0.1) is 0 Å². The molecule has 0 saturated carbocycles. The number of carbonyl (C=O) groups excluding carboxylic acids is 2. The minimum Gasteiger partial charge on any atom is -0.355 e. The molecular weight excluding hydrogens is 294 g/mol. The lowest BCUT2D eigenvalue weighted by atomic mass is 10.1. The first-order valence-electron chi connectivity index (χ1n) is 6.53. The van der Waals surface area contributed by atoms with E-state index in [-0.39, 0.29) is 22.8 Å². The van der Waals surface area contributed by atoms with Crippen molar-refractivity contribution in [1.82, 2.24) is 10.0 Å². The van der Waals surface area contributed by atoms with Crippen LogP contribution in [0.3, 0.4) is 0 Å². The molecular formula is C13H17N3O4S. The Balaban J connectivity index is 2.05. The van der Waals surface area contributed by atoms with Gasteiger partial charge in [0.25, 0.3) is 0 Å². The van der Waals surface area contributed by atoms with E-state index in [1.54, 1.807) is 0 Å². The van der Waals surface area contributed by atoms with Crippen molar-refractivity contribution in [3.8, 4) is 0 Å². The van der Waals surface area contributed by atoms with Crippen LogP contribution in [-0.2, 0) is 19.6 Å². The minimum absolute atomic E-state index is 0.0647. The molecule has 1 aliphatic heterocycles. The molecule has 3 N–H and O–H groups in total. The Labute approximate surface area is 123 Å². The van der Waals surface area contributed by atoms with E-state index >= 15 is 0 Å². The Bertz CT molecular complexity index is 630. The van der Waals surface area contributed by atoms with E-state index in [1.165, 1.54) is 31.2 Å². The van der Waals surface area contributed by atoms with Crippen LogP contribution in [0.25, 0.3) is 0 Å². The zero-order valence-electron chi connectivity index (χ0n) is 11.5. The lowest BCUT2D eigenvalue weighted by Crippen LogP contribution is -2.47. The smallest absolute Gasteiger partial charge is 0.240 e. The van der Waals surface area contributed by atoms with Gasteiger partial charge in [0.1, 0.15) is 0 Å². The Morgan fingerprint density at radius 3 is 2.48 bits per heavy atom. The van der Waals surface area contributed by atoms with Crippen molar-refractivity contribution in [2.75, 3.05) is 11.9 Å². The molecule has 8 heteroatoms. The molecule has 21 heavy (non-hydrogen) atoms. The summed E-state index contributed by atoms with van der Waals surface area (Å²) in [6.07, 6.45) is 0.795. The molecule has 1 aliphatic rings. The number of sulfonamides is 1. The lowest BCUT2D eigenvalue weighted by Gasteiger charge is -2.23. The summed E-state index contributed by atoms with van der Waals surface area (Å²) in [6, 6.07) is 5.60. The molecule has 7 nitrogen and oxygen atoms in total. The Morgan fingerprint density at radius 2 is 1.95 bits per heavy atom. The van der Waals surface area contributed by atoms with Crippen LogP contribution in [0.4, 0.5) is 5.69 Å².